The zero-order valence-electron chi connectivity index (χ0n) is 8.83. The van der Waals surface area contributed by atoms with Crippen LogP contribution in [0.4, 0.5) is 0 Å². The summed E-state index contributed by atoms with van der Waals surface area (Å²) >= 11 is 15.2. The van der Waals surface area contributed by atoms with Gasteiger partial charge in [-0.2, -0.15) is 0 Å². The Hall–Kier alpha value is -0.760. The Morgan fingerprint density at radius 3 is 1.41 bits per heavy atom. The number of halogens is 3. The van der Waals surface area contributed by atoms with E-state index in [4.69, 9.17) is 23.2 Å². The van der Waals surface area contributed by atoms with Crippen LogP contribution in [0, 0.1) is 0 Å². The van der Waals surface area contributed by atoms with Gasteiger partial charge in [0.1, 0.15) is 0 Å². The molecule has 0 aromatic heterocycles. The van der Waals surface area contributed by atoms with Crippen LogP contribution in [0.25, 0.3) is 5.57 Å². The minimum Gasteiger partial charge on any atom is -0.0843 e. The first-order valence-electron chi connectivity index (χ1n) is 5.03. The molecule has 2 aromatic rings. The molecular formula is C14H9BrCl2. The third-order valence-electron chi connectivity index (χ3n) is 2.42. The predicted molar refractivity (Wildman–Crippen MR) is 78.9 cm³/mol. The predicted octanol–water partition coefficient (Wildman–Crippen LogP) is 5.78. The van der Waals surface area contributed by atoms with E-state index in [0.717, 1.165) is 26.7 Å². The zero-order chi connectivity index (χ0) is 12.3. The maximum Gasteiger partial charge on any atom is 0.0406 e. The molecule has 0 aliphatic rings. The quantitative estimate of drug-likeness (QED) is 0.656. The Morgan fingerprint density at radius 2 is 1.12 bits per heavy atom. The van der Waals surface area contributed by atoms with Crippen LogP contribution in [0.1, 0.15) is 11.1 Å². The van der Waals surface area contributed by atoms with Gasteiger partial charge in [-0.05, 0) is 46.0 Å². The molecule has 0 heterocycles. The van der Waals surface area contributed by atoms with Gasteiger partial charge in [0.2, 0.25) is 0 Å². The lowest BCUT2D eigenvalue weighted by Crippen LogP contribution is -1.86. The number of hydrogen-bond donors (Lipinski definition) is 0. The van der Waals surface area contributed by atoms with Crippen LogP contribution in [0.15, 0.2) is 53.5 Å². The molecular weight excluding hydrogens is 319 g/mol. The third-order valence-corrected chi connectivity index (χ3v) is 3.38. The SMILES string of the molecule is Clc1ccc(C(=CBr)c2ccc(Cl)cc2)cc1. The molecule has 86 valence electrons. The molecule has 2 rings (SSSR count). The summed E-state index contributed by atoms with van der Waals surface area (Å²) in [6.45, 7) is 0. The maximum absolute atomic E-state index is 5.88. The highest BCUT2D eigenvalue weighted by Crippen LogP contribution is 2.26. The van der Waals surface area contributed by atoms with E-state index < -0.39 is 0 Å². The van der Waals surface area contributed by atoms with Crippen LogP contribution >= 0.6 is 39.1 Å². The summed E-state index contributed by atoms with van der Waals surface area (Å²) in [6.07, 6.45) is 0. The molecule has 0 fully saturated rings. The highest BCUT2D eigenvalue weighted by Gasteiger charge is 2.04. The number of rotatable bonds is 2. The van der Waals surface area contributed by atoms with Crippen molar-refractivity contribution in [2.75, 3.05) is 0 Å². The van der Waals surface area contributed by atoms with E-state index in [0.29, 0.717) is 0 Å². The Bertz CT molecular complexity index is 480. The Labute approximate surface area is 119 Å². The van der Waals surface area contributed by atoms with Crippen molar-refractivity contribution in [2.24, 2.45) is 0 Å². The molecule has 2 aromatic carbocycles. The van der Waals surface area contributed by atoms with Crippen molar-refractivity contribution in [3.05, 3.63) is 74.7 Å². The second kappa shape index (κ2) is 5.72. The summed E-state index contributed by atoms with van der Waals surface area (Å²) < 4.78 is 0. The topological polar surface area (TPSA) is 0 Å². The Morgan fingerprint density at radius 1 is 0.765 bits per heavy atom. The van der Waals surface area contributed by atoms with E-state index in [-0.39, 0.29) is 0 Å². The first-order valence-corrected chi connectivity index (χ1v) is 6.70. The van der Waals surface area contributed by atoms with E-state index >= 15 is 0 Å². The summed E-state index contributed by atoms with van der Waals surface area (Å²) in [5.41, 5.74) is 3.31. The fourth-order valence-corrected chi connectivity index (χ4v) is 2.33. The molecule has 17 heavy (non-hydrogen) atoms. The molecule has 0 saturated carbocycles. The maximum atomic E-state index is 5.88. The van der Waals surface area contributed by atoms with Crippen LogP contribution < -0.4 is 0 Å². The lowest BCUT2D eigenvalue weighted by molar-refractivity contribution is 1.55. The Balaban J connectivity index is 2.41. The molecule has 0 aliphatic heterocycles. The van der Waals surface area contributed by atoms with Crippen molar-refractivity contribution in [1.82, 2.24) is 0 Å². The third kappa shape index (κ3) is 3.12. The highest BCUT2D eigenvalue weighted by atomic mass is 79.9. The molecule has 0 unspecified atom stereocenters. The summed E-state index contributed by atoms with van der Waals surface area (Å²) in [6, 6.07) is 15.5. The second-order valence-electron chi connectivity index (χ2n) is 3.54. The van der Waals surface area contributed by atoms with Crippen LogP contribution in [0.3, 0.4) is 0 Å². The van der Waals surface area contributed by atoms with Gasteiger partial charge in [-0.3, -0.25) is 0 Å². The van der Waals surface area contributed by atoms with Crippen molar-refractivity contribution < 1.29 is 0 Å². The molecule has 0 radical (unpaired) electrons. The summed E-state index contributed by atoms with van der Waals surface area (Å²) in [7, 11) is 0. The highest BCUT2D eigenvalue weighted by molar-refractivity contribution is 9.11. The second-order valence-corrected chi connectivity index (χ2v) is 4.87. The molecule has 0 amide bonds. The van der Waals surface area contributed by atoms with Gasteiger partial charge in [-0.1, -0.05) is 63.4 Å². The summed E-state index contributed by atoms with van der Waals surface area (Å²) in [5, 5.41) is 1.47. The minimum atomic E-state index is 0.735. The Kier molecular flexibility index (Phi) is 4.27. The van der Waals surface area contributed by atoms with E-state index in [1.807, 2.05) is 53.5 Å². The molecule has 0 N–H and O–H groups in total. The van der Waals surface area contributed by atoms with Gasteiger partial charge < -0.3 is 0 Å². The lowest BCUT2D eigenvalue weighted by Gasteiger charge is -2.07. The zero-order valence-corrected chi connectivity index (χ0v) is 11.9. The number of benzene rings is 2. The fourth-order valence-electron chi connectivity index (χ4n) is 1.55. The average Bonchev–Trinajstić information content (AvgIpc) is 2.35. The van der Waals surface area contributed by atoms with Crippen LogP contribution in [-0.2, 0) is 0 Å². The van der Waals surface area contributed by atoms with Crippen LogP contribution in [-0.4, -0.2) is 0 Å². The van der Waals surface area contributed by atoms with E-state index in [9.17, 15) is 0 Å². The van der Waals surface area contributed by atoms with Gasteiger partial charge in [-0.25, -0.2) is 0 Å². The summed E-state index contributed by atoms with van der Waals surface area (Å²) in [4.78, 5) is 1.90. The van der Waals surface area contributed by atoms with Crippen LogP contribution in [0.5, 0.6) is 0 Å². The molecule has 3 heteroatoms. The van der Waals surface area contributed by atoms with Crippen molar-refractivity contribution in [2.45, 2.75) is 0 Å². The molecule has 0 spiro atoms. The minimum absolute atomic E-state index is 0.735. The van der Waals surface area contributed by atoms with Crippen molar-refractivity contribution in [1.29, 1.82) is 0 Å². The monoisotopic (exact) mass is 326 g/mol. The van der Waals surface area contributed by atoms with E-state index in [1.54, 1.807) is 0 Å². The van der Waals surface area contributed by atoms with Crippen molar-refractivity contribution in [3.63, 3.8) is 0 Å². The van der Waals surface area contributed by atoms with E-state index in [2.05, 4.69) is 15.9 Å². The first kappa shape index (κ1) is 12.7. The van der Waals surface area contributed by atoms with Crippen LogP contribution in [0.2, 0.25) is 10.0 Å². The van der Waals surface area contributed by atoms with Gasteiger partial charge in [0, 0.05) is 10.0 Å². The smallest absolute Gasteiger partial charge is 0.0406 e. The summed E-state index contributed by atoms with van der Waals surface area (Å²) in [5.74, 6) is 0. The largest absolute Gasteiger partial charge is 0.0843 e. The van der Waals surface area contributed by atoms with Gasteiger partial charge >= 0.3 is 0 Å². The van der Waals surface area contributed by atoms with E-state index in [1.165, 1.54) is 0 Å². The van der Waals surface area contributed by atoms with Gasteiger partial charge in [0.25, 0.3) is 0 Å². The molecule has 0 aliphatic carbocycles. The van der Waals surface area contributed by atoms with Crippen molar-refractivity contribution in [3.8, 4) is 0 Å². The average molecular weight is 328 g/mol. The van der Waals surface area contributed by atoms with Gasteiger partial charge in [0.15, 0.2) is 0 Å². The molecule has 0 atom stereocenters. The number of hydrogen-bond acceptors (Lipinski definition) is 0. The lowest BCUT2D eigenvalue weighted by atomic mass is 10.00. The molecule has 0 saturated heterocycles. The molecule has 0 nitrogen and oxygen atoms in total. The standard InChI is InChI=1S/C14H9BrCl2/c15-9-14(10-1-5-12(16)6-2-10)11-3-7-13(17)8-4-11/h1-9H. The fraction of sp³-hybridized carbons (Fsp3) is 0. The normalized spacial score (nSPS) is 10.1. The molecule has 0 bridgehead atoms. The van der Waals surface area contributed by atoms with Crippen molar-refractivity contribution >= 4 is 44.7 Å². The van der Waals surface area contributed by atoms with Gasteiger partial charge in [0.05, 0.1) is 0 Å². The first-order chi connectivity index (χ1) is 8.20. The van der Waals surface area contributed by atoms with Gasteiger partial charge in [-0.15, -0.1) is 0 Å².